The van der Waals surface area contributed by atoms with Crippen molar-refractivity contribution in [2.45, 2.75) is 11.8 Å². The molecule has 0 heterocycles. The predicted molar refractivity (Wildman–Crippen MR) is 86.9 cm³/mol. The lowest BCUT2D eigenvalue weighted by Gasteiger charge is -2.09. The minimum Gasteiger partial charge on any atom is -0.399 e. The van der Waals surface area contributed by atoms with E-state index in [1.807, 2.05) is 13.0 Å². The highest BCUT2D eigenvalue weighted by atomic mass is 35.5. The van der Waals surface area contributed by atoms with Crippen molar-refractivity contribution in [2.75, 3.05) is 16.8 Å². The van der Waals surface area contributed by atoms with Gasteiger partial charge < -0.3 is 11.1 Å². The van der Waals surface area contributed by atoms with Crippen molar-refractivity contribution < 1.29 is 9.00 Å². The summed E-state index contributed by atoms with van der Waals surface area (Å²) in [4.78, 5) is 12.4. The molecule has 0 saturated heterocycles. The Balaban J connectivity index is 2.07. The average molecular weight is 323 g/mol. The van der Waals surface area contributed by atoms with Crippen LogP contribution in [0.4, 0.5) is 11.4 Å². The van der Waals surface area contributed by atoms with Crippen molar-refractivity contribution in [3.05, 3.63) is 53.1 Å². The zero-order valence-corrected chi connectivity index (χ0v) is 13.0. The van der Waals surface area contributed by atoms with E-state index in [2.05, 4.69) is 5.32 Å². The second-order valence-corrected chi connectivity index (χ2v) is 6.37. The smallest absolute Gasteiger partial charge is 0.237 e. The maximum atomic E-state index is 12.2. The van der Waals surface area contributed by atoms with Crippen molar-refractivity contribution >= 4 is 39.7 Å². The summed E-state index contributed by atoms with van der Waals surface area (Å²) in [7, 11) is -1.49. The van der Waals surface area contributed by atoms with E-state index in [0.717, 1.165) is 5.56 Å². The highest BCUT2D eigenvalue weighted by Gasteiger charge is 2.13. The average Bonchev–Trinajstić information content (AvgIpc) is 2.43. The molecule has 1 unspecified atom stereocenters. The van der Waals surface area contributed by atoms with E-state index in [9.17, 15) is 9.00 Å². The number of nitrogen functional groups attached to an aromatic ring is 1. The molecule has 0 aliphatic heterocycles. The van der Waals surface area contributed by atoms with E-state index in [1.165, 1.54) is 0 Å². The van der Waals surface area contributed by atoms with Gasteiger partial charge in [0.2, 0.25) is 5.91 Å². The van der Waals surface area contributed by atoms with Crippen molar-refractivity contribution in [3.63, 3.8) is 0 Å². The highest BCUT2D eigenvalue weighted by molar-refractivity contribution is 7.86. The second kappa shape index (κ2) is 6.74. The topological polar surface area (TPSA) is 72.2 Å². The fourth-order valence-corrected chi connectivity index (χ4v) is 3.16. The third kappa shape index (κ3) is 4.06. The van der Waals surface area contributed by atoms with Gasteiger partial charge in [-0.2, -0.15) is 0 Å². The van der Waals surface area contributed by atoms with Gasteiger partial charge in [0, 0.05) is 11.4 Å². The molecular formula is C15H15ClN2O2S. The third-order valence-corrected chi connectivity index (χ3v) is 4.69. The molecule has 6 heteroatoms. The Morgan fingerprint density at radius 2 is 2.00 bits per heavy atom. The largest absolute Gasteiger partial charge is 0.399 e. The van der Waals surface area contributed by atoms with Crippen LogP contribution in [0.1, 0.15) is 5.56 Å². The number of aryl methyl sites for hydroxylation is 1. The van der Waals surface area contributed by atoms with Crippen LogP contribution in [0.2, 0.25) is 5.02 Å². The highest BCUT2D eigenvalue weighted by Crippen LogP contribution is 2.20. The van der Waals surface area contributed by atoms with Gasteiger partial charge >= 0.3 is 0 Å². The van der Waals surface area contributed by atoms with E-state index in [0.29, 0.717) is 21.3 Å². The number of halogens is 1. The predicted octanol–water partition coefficient (Wildman–Crippen LogP) is 2.98. The first-order chi connectivity index (χ1) is 9.97. The first kappa shape index (κ1) is 15.5. The van der Waals surface area contributed by atoms with Crippen LogP contribution >= 0.6 is 11.6 Å². The Morgan fingerprint density at radius 1 is 1.29 bits per heavy atom. The summed E-state index contributed by atoms with van der Waals surface area (Å²) in [6.45, 7) is 1.86. The monoisotopic (exact) mass is 322 g/mol. The van der Waals surface area contributed by atoms with Gasteiger partial charge in [0.25, 0.3) is 0 Å². The lowest BCUT2D eigenvalue weighted by Crippen LogP contribution is -2.20. The lowest BCUT2D eigenvalue weighted by atomic mass is 10.2. The van der Waals surface area contributed by atoms with E-state index < -0.39 is 10.8 Å². The summed E-state index contributed by atoms with van der Waals surface area (Å²) < 4.78 is 12.2. The van der Waals surface area contributed by atoms with Gasteiger partial charge in [-0.25, -0.2) is 0 Å². The number of nitrogens with one attached hydrogen (secondary N) is 1. The zero-order valence-electron chi connectivity index (χ0n) is 11.4. The SMILES string of the molecule is Cc1ccc(N)cc1NC(=O)CS(=O)c1ccccc1Cl. The molecule has 21 heavy (non-hydrogen) atoms. The van der Waals surface area contributed by atoms with Gasteiger partial charge in [0.1, 0.15) is 5.75 Å². The minimum atomic E-state index is -1.49. The zero-order chi connectivity index (χ0) is 15.4. The van der Waals surface area contributed by atoms with E-state index >= 15 is 0 Å². The minimum absolute atomic E-state index is 0.155. The van der Waals surface area contributed by atoms with Crippen LogP contribution in [0.5, 0.6) is 0 Å². The van der Waals surface area contributed by atoms with Gasteiger partial charge in [0.15, 0.2) is 0 Å². The molecule has 110 valence electrons. The van der Waals surface area contributed by atoms with Crippen LogP contribution in [0.25, 0.3) is 0 Å². The number of carbonyl (C=O) groups excluding carboxylic acids is 1. The first-order valence-electron chi connectivity index (χ1n) is 6.26. The van der Waals surface area contributed by atoms with Crippen LogP contribution in [-0.4, -0.2) is 15.9 Å². The Morgan fingerprint density at radius 3 is 2.71 bits per heavy atom. The van der Waals surface area contributed by atoms with Gasteiger partial charge in [-0.3, -0.25) is 9.00 Å². The molecule has 3 N–H and O–H groups in total. The maximum Gasteiger partial charge on any atom is 0.237 e. The molecule has 0 aliphatic rings. The molecule has 0 aliphatic carbocycles. The molecule has 2 aromatic carbocycles. The fourth-order valence-electron chi connectivity index (χ4n) is 1.79. The number of carbonyl (C=O) groups is 1. The molecular weight excluding hydrogens is 308 g/mol. The van der Waals surface area contributed by atoms with Crippen molar-refractivity contribution in [1.29, 1.82) is 0 Å². The molecule has 4 nitrogen and oxygen atoms in total. The first-order valence-corrected chi connectivity index (χ1v) is 7.96. The van der Waals surface area contributed by atoms with Crippen molar-refractivity contribution in [2.24, 2.45) is 0 Å². The number of hydrogen-bond donors (Lipinski definition) is 2. The van der Waals surface area contributed by atoms with Gasteiger partial charge in [-0.1, -0.05) is 29.8 Å². The van der Waals surface area contributed by atoms with Crippen LogP contribution < -0.4 is 11.1 Å². The molecule has 0 aromatic heterocycles. The number of rotatable bonds is 4. The van der Waals surface area contributed by atoms with E-state index in [1.54, 1.807) is 36.4 Å². The van der Waals surface area contributed by atoms with Gasteiger partial charge in [0.05, 0.1) is 20.7 Å². The number of nitrogens with two attached hydrogens (primary N) is 1. The lowest BCUT2D eigenvalue weighted by molar-refractivity contribution is -0.113. The van der Waals surface area contributed by atoms with Crippen molar-refractivity contribution in [1.82, 2.24) is 0 Å². The standard InChI is InChI=1S/C15H15ClN2O2S/c1-10-6-7-11(17)8-13(10)18-15(19)9-21(20)14-5-3-2-4-12(14)16/h2-8H,9,17H2,1H3,(H,18,19). The molecule has 0 radical (unpaired) electrons. The Bertz CT molecular complexity index is 704. The van der Waals surface area contributed by atoms with Crippen LogP contribution in [-0.2, 0) is 15.6 Å². The summed E-state index contributed by atoms with van der Waals surface area (Å²) in [5, 5.41) is 3.11. The molecule has 0 fully saturated rings. The van der Waals surface area contributed by atoms with Gasteiger partial charge in [-0.15, -0.1) is 0 Å². The Hall–Kier alpha value is -1.85. The summed E-state index contributed by atoms with van der Waals surface area (Å²) in [5.74, 6) is -0.500. The molecule has 0 bridgehead atoms. The summed E-state index contributed by atoms with van der Waals surface area (Å²) in [6, 6.07) is 12.0. The normalized spacial score (nSPS) is 11.9. The Kier molecular flexibility index (Phi) is 4.98. The molecule has 1 amide bonds. The number of benzene rings is 2. The summed E-state index contributed by atoms with van der Waals surface area (Å²) >= 11 is 5.97. The Labute approximate surface area is 130 Å². The summed E-state index contributed by atoms with van der Waals surface area (Å²) in [5.41, 5.74) is 7.76. The molecule has 0 saturated carbocycles. The molecule has 2 rings (SSSR count). The number of amides is 1. The molecule has 0 spiro atoms. The van der Waals surface area contributed by atoms with Crippen molar-refractivity contribution in [3.8, 4) is 0 Å². The number of hydrogen-bond acceptors (Lipinski definition) is 3. The number of anilines is 2. The third-order valence-electron chi connectivity index (χ3n) is 2.88. The van der Waals surface area contributed by atoms with Gasteiger partial charge in [-0.05, 0) is 36.8 Å². The van der Waals surface area contributed by atoms with Crippen LogP contribution in [0, 0.1) is 6.92 Å². The van der Waals surface area contributed by atoms with E-state index in [-0.39, 0.29) is 11.7 Å². The summed E-state index contributed by atoms with van der Waals surface area (Å²) in [6.07, 6.45) is 0. The van der Waals surface area contributed by atoms with E-state index in [4.69, 9.17) is 17.3 Å². The molecule has 1 atom stereocenters. The van der Waals surface area contributed by atoms with Crippen LogP contribution in [0.15, 0.2) is 47.4 Å². The second-order valence-electron chi connectivity index (χ2n) is 4.54. The van der Waals surface area contributed by atoms with Crippen LogP contribution in [0.3, 0.4) is 0 Å². The fraction of sp³-hybridized carbons (Fsp3) is 0.133. The maximum absolute atomic E-state index is 12.2. The quantitative estimate of drug-likeness (QED) is 0.850. The molecule has 2 aromatic rings.